The Morgan fingerprint density at radius 3 is 2.50 bits per heavy atom. The van der Waals surface area contributed by atoms with Gasteiger partial charge in [-0.15, -0.1) is 0 Å². The Hall–Kier alpha value is -1.31. The van der Waals surface area contributed by atoms with Gasteiger partial charge in [-0.1, -0.05) is 57.5 Å². The minimum atomic E-state index is -3.01. The van der Waals surface area contributed by atoms with Gasteiger partial charge in [-0.2, -0.15) is 0 Å². The highest BCUT2D eigenvalue weighted by molar-refractivity contribution is 9.10. The molecule has 2 heterocycles. The largest absolute Gasteiger partial charge is 0.315 e. The number of benzene rings is 2. The van der Waals surface area contributed by atoms with Crippen molar-refractivity contribution in [2.45, 2.75) is 24.8 Å². The zero-order valence-corrected chi connectivity index (χ0v) is 17.5. The summed E-state index contributed by atoms with van der Waals surface area (Å²) in [5, 5.41) is 0.918. The van der Waals surface area contributed by atoms with Crippen LogP contribution in [-0.4, -0.2) is 37.2 Å². The lowest BCUT2D eigenvalue weighted by molar-refractivity contribution is 0.601. The second kappa shape index (κ2) is 7.02. The molecule has 0 bridgehead atoms. The molecule has 0 aliphatic carbocycles. The van der Waals surface area contributed by atoms with Crippen LogP contribution in [0.5, 0.6) is 0 Å². The molecule has 1 saturated heterocycles. The van der Waals surface area contributed by atoms with E-state index in [1.54, 1.807) is 11.8 Å². The average molecular weight is 451 g/mol. The second-order valence-corrected chi connectivity index (χ2v) is 10.8. The van der Waals surface area contributed by atoms with Gasteiger partial charge in [-0.25, -0.2) is 8.42 Å². The molecule has 4 rings (SSSR count). The Labute approximate surface area is 166 Å². The predicted octanol–water partition coefficient (Wildman–Crippen LogP) is 4.03. The summed E-state index contributed by atoms with van der Waals surface area (Å²) in [6.45, 7) is 2.05. The number of anilines is 1. The highest BCUT2D eigenvalue weighted by atomic mass is 79.9. The van der Waals surface area contributed by atoms with Gasteiger partial charge in [0.1, 0.15) is 0 Å². The number of halogens is 1. The first kappa shape index (κ1) is 18.1. The third kappa shape index (κ3) is 3.70. The van der Waals surface area contributed by atoms with E-state index < -0.39 is 9.84 Å². The quantitative estimate of drug-likeness (QED) is 0.707. The zero-order chi connectivity index (χ0) is 18.3. The first-order chi connectivity index (χ1) is 12.4. The summed E-state index contributed by atoms with van der Waals surface area (Å²) in [6.07, 6.45) is 0. The molecule has 2 aliphatic rings. The Bertz CT molecular complexity index is 941. The van der Waals surface area contributed by atoms with Crippen LogP contribution >= 0.6 is 27.7 Å². The molecule has 0 unspecified atom stereocenters. The van der Waals surface area contributed by atoms with Crippen LogP contribution < -0.4 is 4.90 Å². The fourth-order valence-electron chi connectivity index (χ4n) is 3.37. The van der Waals surface area contributed by atoms with E-state index in [9.17, 15) is 8.42 Å². The van der Waals surface area contributed by atoms with Crippen LogP contribution in [0, 0.1) is 6.92 Å². The summed E-state index contributed by atoms with van der Waals surface area (Å²) in [7, 11) is -3.01. The summed E-state index contributed by atoms with van der Waals surface area (Å²) in [4.78, 5) is 6.90. The highest BCUT2D eigenvalue weighted by Gasteiger charge is 2.47. The average Bonchev–Trinajstić information content (AvgIpc) is 3.06. The molecule has 0 N–H and O–H groups in total. The molecule has 0 spiro atoms. The molecule has 0 saturated carbocycles. The number of rotatable bonds is 3. The maximum Gasteiger partial charge on any atom is 0.164 e. The van der Waals surface area contributed by atoms with Crippen molar-refractivity contribution < 1.29 is 8.42 Å². The molecule has 2 atom stereocenters. The normalized spacial score (nSPS) is 23.8. The monoisotopic (exact) mass is 450 g/mol. The molecule has 0 amide bonds. The van der Waals surface area contributed by atoms with Crippen molar-refractivity contribution in [3.05, 3.63) is 64.1 Å². The first-order valence-electron chi connectivity index (χ1n) is 8.43. The van der Waals surface area contributed by atoms with Crippen LogP contribution in [0.15, 0.2) is 58.0 Å². The van der Waals surface area contributed by atoms with E-state index >= 15 is 0 Å². The third-order valence-electron chi connectivity index (χ3n) is 4.70. The number of fused-ring (bicyclic) bond motifs is 1. The Morgan fingerprint density at radius 2 is 1.81 bits per heavy atom. The van der Waals surface area contributed by atoms with Crippen molar-refractivity contribution in [2.75, 3.05) is 16.4 Å². The topological polar surface area (TPSA) is 49.7 Å². The zero-order valence-electron chi connectivity index (χ0n) is 14.3. The van der Waals surface area contributed by atoms with E-state index in [1.165, 1.54) is 11.1 Å². The lowest BCUT2D eigenvalue weighted by Gasteiger charge is -2.26. The molecule has 2 aliphatic heterocycles. The van der Waals surface area contributed by atoms with E-state index in [2.05, 4.69) is 57.2 Å². The summed E-state index contributed by atoms with van der Waals surface area (Å²) < 4.78 is 25.2. The van der Waals surface area contributed by atoms with Gasteiger partial charge in [-0.3, -0.25) is 4.99 Å². The van der Waals surface area contributed by atoms with E-state index in [1.807, 2.05) is 19.1 Å². The van der Waals surface area contributed by atoms with Crippen LogP contribution in [0.3, 0.4) is 0 Å². The molecule has 26 heavy (non-hydrogen) atoms. The van der Waals surface area contributed by atoms with Crippen molar-refractivity contribution >= 4 is 48.4 Å². The number of nitrogens with zero attached hydrogens (tertiary/aromatic N) is 2. The summed E-state index contributed by atoms with van der Waals surface area (Å²) in [5.74, 6) is 1.14. The molecular weight excluding hydrogens is 432 g/mol. The molecule has 2 aromatic carbocycles. The molecule has 4 nitrogen and oxygen atoms in total. The number of amidine groups is 1. The van der Waals surface area contributed by atoms with E-state index in [0.717, 1.165) is 21.1 Å². The lowest BCUT2D eigenvalue weighted by atomic mass is 10.1. The van der Waals surface area contributed by atoms with Crippen molar-refractivity contribution in [1.82, 2.24) is 0 Å². The van der Waals surface area contributed by atoms with Gasteiger partial charge in [0.2, 0.25) is 0 Å². The van der Waals surface area contributed by atoms with Crippen LogP contribution in [0.25, 0.3) is 0 Å². The van der Waals surface area contributed by atoms with E-state index in [4.69, 9.17) is 4.99 Å². The van der Waals surface area contributed by atoms with Crippen LogP contribution in [0.2, 0.25) is 0 Å². The third-order valence-corrected chi connectivity index (χ3v) is 7.97. The molecular formula is C19H19BrN2O2S2. The van der Waals surface area contributed by atoms with Gasteiger partial charge in [0.25, 0.3) is 0 Å². The van der Waals surface area contributed by atoms with Gasteiger partial charge < -0.3 is 4.90 Å². The number of aliphatic imine (C=N–C) groups is 1. The van der Waals surface area contributed by atoms with Gasteiger partial charge in [0.05, 0.1) is 23.6 Å². The van der Waals surface area contributed by atoms with Crippen molar-refractivity contribution in [2.24, 2.45) is 4.99 Å². The summed E-state index contributed by atoms with van der Waals surface area (Å²) in [5.41, 5.74) is 3.42. The van der Waals surface area contributed by atoms with Gasteiger partial charge in [-0.05, 0) is 36.8 Å². The number of thioether (sulfide) groups is 1. The van der Waals surface area contributed by atoms with E-state index in [0.29, 0.717) is 0 Å². The van der Waals surface area contributed by atoms with Gasteiger partial charge in [0.15, 0.2) is 15.0 Å². The van der Waals surface area contributed by atoms with Crippen LogP contribution in [0.4, 0.5) is 5.69 Å². The number of sulfone groups is 1. The molecule has 0 radical (unpaired) electrons. The summed E-state index contributed by atoms with van der Waals surface area (Å²) in [6, 6.07) is 16.2. The number of hydrogen-bond acceptors (Lipinski definition) is 5. The van der Waals surface area contributed by atoms with Crippen LogP contribution in [-0.2, 0) is 15.6 Å². The maximum atomic E-state index is 12.1. The highest BCUT2D eigenvalue weighted by Crippen LogP contribution is 2.36. The Morgan fingerprint density at radius 1 is 1.12 bits per heavy atom. The molecule has 7 heteroatoms. The van der Waals surface area contributed by atoms with Crippen molar-refractivity contribution in [3.63, 3.8) is 0 Å². The van der Waals surface area contributed by atoms with Crippen LogP contribution in [0.1, 0.15) is 11.1 Å². The van der Waals surface area contributed by atoms with E-state index in [-0.39, 0.29) is 23.6 Å². The Balaban J connectivity index is 1.60. The van der Waals surface area contributed by atoms with Gasteiger partial charge in [0, 0.05) is 15.9 Å². The molecule has 1 fully saturated rings. The van der Waals surface area contributed by atoms with Gasteiger partial charge >= 0.3 is 0 Å². The predicted molar refractivity (Wildman–Crippen MR) is 113 cm³/mol. The minimum absolute atomic E-state index is 0.0878. The molecule has 136 valence electrons. The fraction of sp³-hybridized carbons (Fsp3) is 0.316. The minimum Gasteiger partial charge on any atom is -0.315 e. The summed E-state index contributed by atoms with van der Waals surface area (Å²) >= 11 is 5.13. The number of aryl methyl sites for hydroxylation is 1. The smallest absolute Gasteiger partial charge is 0.164 e. The SMILES string of the molecule is Cc1ccc(N2C(SCc3ccc(Br)cc3)=N[C@H]3CS(=O)(=O)C[C@@H]32)cc1. The molecule has 0 aromatic heterocycles. The maximum absolute atomic E-state index is 12.1. The standard InChI is InChI=1S/C19H19BrN2O2S2/c1-13-2-8-16(9-3-13)22-18-12-26(23,24)11-17(18)21-19(22)25-10-14-4-6-15(20)7-5-14/h2-9,17-18H,10-12H2,1H3/t17-,18-/m0/s1. The number of hydrogen-bond donors (Lipinski definition) is 0. The molecule has 2 aromatic rings. The van der Waals surface area contributed by atoms with Crippen molar-refractivity contribution in [1.29, 1.82) is 0 Å². The second-order valence-electron chi connectivity index (χ2n) is 6.74. The first-order valence-corrected chi connectivity index (χ1v) is 12.0. The fourth-order valence-corrected chi connectivity index (χ4v) is 6.56. The Kier molecular flexibility index (Phi) is 4.88. The van der Waals surface area contributed by atoms with Crippen molar-refractivity contribution in [3.8, 4) is 0 Å². The lowest BCUT2D eigenvalue weighted by Crippen LogP contribution is -2.39.